The molecule has 0 aliphatic carbocycles. The van der Waals surface area contributed by atoms with Crippen molar-refractivity contribution in [1.82, 2.24) is 9.80 Å². The van der Waals surface area contributed by atoms with Crippen molar-refractivity contribution in [3.8, 4) is 0 Å². The molecule has 3 heterocycles. The quantitative estimate of drug-likeness (QED) is 0.770. The minimum Gasteiger partial charge on any atom is -0.378 e. The average Bonchev–Trinajstić information content (AvgIpc) is 3.11. The van der Waals surface area contributed by atoms with E-state index in [1.54, 1.807) is 7.11 Å². The summed E-state index contributed by atoms with van der Waals surface area (Å²) in [5.74, 6) is 0.284. The van der Waals surface area contributed by atoms with E-state index in [1.807, 2.05) is 4.90 Å². The van der Waals surface area contributed by atoms with Crippen LogP contribution in [-0.4, -0.2) is 73.9 Å². The summed E-state index contributed by atoms with van der Waals surface area (Å²) in [7, 11) is 1.78. The lowest BCUT2D eigenvalue weighted by atomic mass is 9.87. The number of hydrogen-bond donors (Lipinski definition) is 0. The largest absolute Gasteiger partial charge is 0.378 e. The van der Waals surface area contributed by atoms with Crippen LogP contribution in [0, 0.1) is 0 Å². The molecule has 0 bridgehead atoms. The zero-order valence-corrected chi connectivity index (χ0v) is 12.5. The fourth-order valence-electron chi connectivity index (χ4n) is 3.95. The third-order valence-corrected chi connectivity index (χ3v) is 5.02. The van der Waals surface area contributed by atoms with Crippen LogP contribution in [0.4, 0.5) is 0 Å². The number of hydrogen-bond acceptors (Lipinski definition) is 4. The van der Waals surface area contributed by atoms with Crippen LogP contribution < -0.4 is 0 Å². The minimum absolute atomic E-state index is 0.168. The van der Waals surface area contributed by atoms with E-state index in [2.05, 4.69) is 4.90 Å². The highest BCUT2D eigenvalue weighted by Gasteiger charge is 2.47. The molecule has 0 aromatic rings. The normalized spacial score (nSPS) is 35.0. The van der Waals surface area contributed by atoms with Crippen molar-refractivity contribution in [2.75, 3.05) is 46.4 Å². The monoisotopic (exact) mass is 282 g/mol. The molecule has 0 aromatic heterocycles. The summed E-state index contributed by atoms with van der Waals surface area (Å²) in [5, 5.41) is 0. The van der Waals surface area contributed by atoms with E-state index in [-0.39, 0.29) is 17.6 Å². The first-order valence-electron chi connectivity index (χ1n) is 7.90. The van der Waals surface area contributed by atoms with Crippen molar-refractivity contribution in [3.63, 3.8) is 0 Å². The van der Waals surface area contributed by atoms with Gasteiger partial charge in [0.15, 0.2) is 0 Å². The van der Waals surface area contributed by atoms with Crippen LogP contribution >= 0.6 is 0 Å². The molecule has 1 amide bonds. The number of nitrogens with zero attached hydrogens (tertiary/aromatic N) is 2. The van der Waals surface area contributed by atoms with E-state index in [4.69, 9.17) is 9.47 Å². The highest BCUT2D eigenvalue weighted by molar-refractivity contribution is 5.78. The van der Waals surface area contributed by atoms with Crippen molar-refractivity contribution >= 4 is 5.91 Å². The highest BCUT2D eigenvalue weighted by atomic mass is 16.5. The maximum atomic E-state index is 12.3. The first kappa shape index (κ1) is 14.3. The molecule has 3 fully saturated rings. The third kappa shape index (κ3) is 2.71. The second-order valence-corrected chi connectivity index (χ2v) is 6.33. The molecule has 1 spiro atoms. The van der Waals surface area contributed by atoms with Crippen molar-refractivity contribution < 1.29 is 14.3 Å². The maximum absolute atomic E-state index is 12.3. The summed E-state index contributed by atoms with van der Waals surface area (Å²) in [5.41, 5.74) is -0.168. The van der Waals surface area contributed by atoms with Crippen molar-refractivity contribution in [1.29, 1.82) is 0 Å². The molecule has 3 saturated heterocycles. The van der Waals surface area contributed by atoms with Gasteiger partial charge in [-0.2, -0.15) is 0 Å². The van der Waals surface area contributed by atoms with Gasteiger partial charge < -0.3 is 14.4 Å². The predicted octanol–water partition coefficient (Wildman–Crippen LogP) is 0.879. The average molecular weight is 282 g/mol. The highest BCUT2D eigenvalue weighted by Crippen LogP contribution is 2.36. The number of carbonyl (C=O) groups excluding carboxylic acids is 1. The Hall–Kier alpha value is -0.650. The Bertz CT molecular complexity index is 349. The van der Waals surface area contributed by atoms with Gasteiger partial charge in [-0.25, -0.2) is 0 Å². The van der Waals surface area contributed by atoms with E-state index < -0.39 is 0 Å². The second kappa shape index (κ2) is 6.00. The fourth-order valence-corrected chi connectivity index (χ4v) is 3.95. The standard InChI is InChI=1S/C15H26N2O3/c1-19-13-5-9-16(12-15(13)6-4-10-20-15)11-14(18)17-7-2-3-8-17/h13H,2-12H2,1H3/t13-,15-/m0/s1. The number of rotatable bonds is 3. The first-order valence-corrected chi connectivity index (χ1v) is 7.90. The van der Waals surface area contributed by atoms with Gasteiger partial charge in [-0.3, -0.25) is 9.69 Å². The van der Waals surface area contributed by atoms with E-state index >= 15 is 0 Å². The first-order chi connectivity index (χ1) is 9.73. The van der Waals surface area contributed by atoms with Crippen molar-refractivity contribution in [3.05, 3.63) is 0 Å². The molecule has 0 aromatic carbocycles. The van der Waals surface area contributed by atoms with Crippen LogP contribution in [0.25, 0.3) is 0 Å². The molecule has 0 radical (unpaired) electrons. The lowest BCUT2D eigenvalue weighted by molar-refractivity contribution is -0.151. The zero-order chi connectivity index (χ0) is 14.0. The summed E-state index contributed by atoms with van der Waals surface area (Å²) in [6.45, 7) is 5.02. The number of piperidine rings is 1. The van der Waals surface area contributed by atoms with Crippen molar-refractivity contribution in [2.24, 2.45) is 0 Å². The number of likely N-dealkylation sites (tertiary alicyclic amines) is 2. The minimum atomic E-state index is -0.168. The Morgan fingerprint density at radius 1 is 1.30 bits per heavy atom. The molecule has 20 heavy (non-hydrogen) atoms. The molecule has 3 rings (SSSR count). The van der Waals surface area contributed by atoms with Crippen LogP contribution in [0.15, 0.2) is 0 Å². The predicted molar refractivity (Wildman–Crippen MR) is 75.6 cm³/mol. The molecule has 5 heteroatoms. The summed E-state index contributed by atoms with van der Waals surface area (Å²) < 4.78 is 11.7. The molecule has 114 valence electrons. The van der Waals surface area contributed by atoms with Gasteiger partial charge in [0.1, 0.15) is 5.60 Å². The van der Waals surface area contributed by atoms with Crippen LogP contribution in [0.1, 0.15) is 32.1 Å². The van der Waals surface area contributed by atoms with Gasteiger partial charge in [-0.15, -0.1) is 0 Å². The molecule has 3 aliphatic heterocycles. The Kier molecular flexibility index (Phi) is 4.29. The molecule has 0 unspecified atom stereocenters. The van der Waals surface area contributed by atoms with E-state index in [0.717, 1.165) is 64.9 Å². The van der Waals surface area contributed by atoms with Crippen LogP contribution in [0.2, 0.25) is 0 Å². The molecular weight excluding hydrogens is 256 g/mol. The Balaban J connectivity index is 1.59. The molecular formula is C15H26N2O3. The lowest BCUT2D eigenvalue weighted by Gasteiger charge is -2.44. The van der Waals surface area contributed by atoms with Gasteiger partial charge in [0, 0.05) is 39.9 Å². The van der Waals surface area contributed by atoms with Gasteiger partial charge >= 0.3 is 0 Å². The van der Waals surface area contributed by atoms with Crippen molar-refractivity contribution in [2.45, 2.75) is 43.8 Å². The number of ether oxygens (including phenoxy) is 2. The van der Waals surface area contributed by atoms with E-state index in [9.17, 15) is 4.79 Å². The number of amides is 1. The van der Waals surface area contributed by atoms with Gasteiger partial charge in [0.25, 0.3) is 0 Å². The van der Waals surface area contributed by atoms with Gasteiger partial charge in [-0.05, 0) is 32.1 Å². The van der Waals surface area contributed by atoms with Gasteiger partial charge in [0.2, 0.25) is 5.91 Å². The maximum Gasteiger partial charge on any atom is 0.236 e. The molecule has 0 N–H and O–H groups in total. The lowest BCUT2D eigenvalue weighted by Crippen LogP contribution is -2.58. The molecule has 2 atom stereocenters. The Morgan fingerprint density at radius 2 is 2.10 bits per heavy atom. The van der Waals surface area contributed by atoms with Crippen LogP contribution in [0.3, 0.4) is 0 Å². The molecule has 5 nitrogen and oxygen atoms in total. The zero-order valence-electron chi connectivity index (χ0n) is 12.5. The van der Waals surface area contributed by atoms with Crippen LogP contribution in [0.5, 0.6) is 0 Å². The second-order valence-electron chi connectivity index (χ2n) is 6.33. The summed E-state index contributed by atoms with van der Waals surface area (Å²) >= 11 is 0. The molecule has 0 saturated carbocycles. The third-order valence-electron chi connectivity index (χ3n) is 5.02. The summed E-state index contributed by atoms with van der Waals surface area (Å²) in [4.78, 5) is 16.6. The number of carbonyl (C=O) groups is 1. The number of methoxy groups -OCH3 is 1. The van der Waals surface area contributed by atoms with Gasteiger partial charge in [-0.1, -0.05) is 0 Å². The fraction of sp³-hybridized carbons (Fsp3) is 0.933. The Labute approximate surface area is 121 Å². The summed E-state index contributed by atoms with van der Waals surface area (Å²) in [6, 6.07) is 0. The SMILES string of the molecule is CO[C@H]1CCN(CC(=O)N2CCCC2)C[C@@]12CCCO2. The topological polar surface area (TPSA) is 42.0 Å². The Morgan fingerprint density at radius 3 is 2.75 bits per heavy atom. The molecule has 3 aliphatic rings. The summed E-state index contributed by atoms with van der Waals surface area (Å²) in [6.07, 6.45) is 5.62. The smallest absolute Gasteiger partial charge is 0.236 e. The van der Waals surface area contributed by atoms with E-state index in [0.29, 0.717) is 6.54 Å². The van der Waals surface area contributed by atoms with Gasteiger partial charge in [0.05, 0.1) is 12.6 Å². The van der Waals surface area contributed by atoms with Crippen LogP contribution in [-0.2, 0) is 14.3 Å². The van der Waals surface area contributed by atoms with E-state index in [1.165, 1.54) is 0 Å².